The fourth-order valence-corrected chi connectivity index (χ4v) is 8.71. The average Bonchev–Trinajstić information content (AvgIpc) is 3.23. The van der Waals surface area contributed by atoms with Crippen molar-refractivity contribution in [2.24, 2.45) is 17.8 Å². The summed E-state index contributed by atoms with van der Waals surface area (Å²) in [6.07, 6.45) is 29.7. The van der Waals surface area contributed by atoms with Crippen molar-refractivity contribution in [2.45, 2.75) is 73.6 Å². The molecule has 4 aliphatic rings. The Balaban J connectivity index is 0.000000136. The van der Waals surface area contributed by atoms with E-state index in [-0.39, 0.29) is 0 Å². The van der Waals surface area contributed by atoms with Crippen molar-refractivity contribution in [1.82, 2.24) is 0 Å². The summed E-state index contributed by atoms with van der Waals surface area (Å²) < 4.78 is 0. The summed E-state index contributed by atoms with van der Waals surface area (Å²) >= 11 is 0. The van der Waals surface area contributed by atoms with E-state index in [1.807, 2.05) is 0 Å². The van der Waals surface area contributed by atoms with Crippen LogP contribution >= 0.6 is 0 Å². The van der Waals surface area contributed by atoms with Crippen molar-refractivity contribution in [1.29, 1.82) is 0 Å². The van der Waals surface area contributed by atoms with E-state index in [0.717, 1.165) is 12.3 Å². The van der Waals surface area contributed by atoms with Crippen LogP contribution in [0, 0.1) is 59.3 Å². The van der Waals surface area contributed by atoms with Gasteiger partial charge in [-0.25, -0.2) is 0 Å². The first-order chi connectivity index (χ1) is 27.2. The summed E-state index contributed by atoms with van der Waals surface area (Å²) in [6, 6.07) is 37.3. The normalized spacial score (nSPS) is 19.0. The van der Waals surface area contributed by atoms with E-state index in [2.05, 4.69) is 205 Å². The van der Waals surface area contributed by atoms with Crippen LogP contribution in [0.4, 0.5) is 0 Å². The molecule has 0 nitrogen and oxygen atoms in total. The summed E-state index contributed by atoms with van der Waals surface area (Å²) in [6.45, 7) is 13.1. The van der Waals surface area contributed by atoms with Crippen LogP contribution in [0.1, 0.15) is 75.8 Å². The quantitative estimate of drug-likeness (QED) is 0.162. The van der Waals surface area contributed by atoms with Gasteiger partial charge in [-0.15, -0.1) is 0 Å². The highest BCUT2D eigenvalue weighted by Crippen LogP contribution is 2.38. The van der Waals surface area contributed by atoms with Crippen molar-refractivity contribution in [3.63, 3.8) is 0 Å². The van der Waals surface area contributed by atoms with Crippen LogP contribution in [0.2, 0.25) is 0 Å². The Morgan fingerprint density at radius 1 is 0.554 bits per heavy atom. The van der Waals surface area contributed by atoms with Crippen LogP contribution in [0.25, 0.3) is 33.9 Å². The maximum absolute atomic E-state index is 2.50. The molecule has 0 N–H and O–H groups in total. The minimum Gasteiger partial charge on any atom is -0.0879 e. The Morgan fingerprint density at radius 3 is 2.02 bits per heavy atom. The van der Waals surface area contributed by atoms with Gasteiger partial charge in [0.1, 0.15) is 0 Å². The highest BCUT2D eigenvalue weighted by atomic mass is 14.3. The predicted octanol–water partition coefficient (Wildman–Crippen LogP) is 15.2. The molecule has 9 rings (SSSR count). The van der Waals surface area contributed by atoms with E-state index in [1.54, 1.807) is 0 Å². The number of benzene rings is 5. The van der Waals surface area contributed by atoms with Crippen LogP contribution in [-0.2, 0) is 6.42 Å². The summed E-state index contributed by atoms with van der Waals surface area (Å²) in [5.74, 6) is 1.89. The first-order valence-electron chi connectivity index (χ1n) is 20.8. The van der Waals surface area contributed by atoms with Gasteiger partial charge < -0.3 is 0 Å². The number of rotatable bonds is 4. The zero-order chi connectivity index (χ0) is 39.0. The second kappa shape index (κ2) is 18.0. The molecular weight excluding hydrogens is 673 g/mol. The highest BCUT2D eigenvalue weighted by molar-refractivity contribution is 5.82. The molecule has 0 spiro atoms. The van der Waals surface area contributed by atoms with Crippen molar-refractivity contribution < 1.29 is 0 Å². The lowest BCUT2D eigenvalue weighted by Crippen LogP contribution is -2.17. The zero-order valence-electron chi connectivity index (χ0n) is 34.4. The van der Waals surface area contributed by atoms with Crippen molar-refractivity contribution in [3.05, 3.63) is 213 Å². The second-order valence-electron chi connectivity index (χ2n) is 16.2. The van der Waals surface area contributed by atoms with Gasteiger partial charge in [0.25, 0.3) is 0 Å². The smallest absolute Gasteiger partial charge is 0.00530 e. The molecule has 0 aromatic heterocycles. The Kier molecular flexibility index (Phi) is 12.5. The molecule has 5 aromatic carbocycles. The third-order valence-corrected chi connectivity index (χ3v) is 12.1. The molecule has 56 heavy (non-hydrogen) atoms. The molecule has 0 heterocycles. The summed E-state index contributed by atoms with van der Waals surface area (Å²) in [7, 11) is 0. The minimum absolute atomic E-state index is 0.539. The lowest BCUT2D eigenvalue weighted by Gasteiger charge is -2.29. The maximum atomic E-state index is 2.50. The number of aryl methyl sites for hydroxylation is 6. The topological polar surface area (TPSA) is 0 Å². The first-order valence-corrected chi connectivity index (χ1v) is 20.8. The van der Waals surface area contributed by atoms with Crippen molar-refractivity contribution >= 4 is 11.6 Å². The van der Waals surface area contributed by atoms with Crippen LogP contribution in [0.15, 0.2) is 163 Å². The van der Waals surface area contributed by atoms with Gasteiger partial charge in [-0.3, -0.25) is 0 Å². The van der Waals surface area contributed by atoms with Gasteiger partial charge in [0.05, 0.1) is 0 Å². The molecule has 3 unspecified atom stereocenters. The van der Waals surface area contributed by atoms with Gasteiger partial charge >= 0.3 is 0 Å². The predicted molar refractivity (Wildman–Crippen MR) is 244 cm³/mol. The molecule has 0 heteroatoms. The van der Waals surface area contributed by atoms with Crippen molar-refractivity contribution in [3.8, 4) is 22.3 Å². The van der Waals surface area contributed by atoms with Gasteiger partial charge in [-0.1, -0.05) is 175 Å². The Hall–Kier alpha value is -5.46. The number of fused-ring (bicyclic) bond motifs is 2. The van der Waals surface area contributed by atoms with E-state index in [9.17, 15) is 0 Å². The van der Waals surface area contributed by atoms with Gasteiger partial charge in [-0.05, 0) is 152 Å². The summed E-state index contributed by atoms with van der Waals surface area (Å²) in [5, 5.41) is 0. The summed E-state index contributed by atoms with van der Waals surface area (Å²) in [4.78, 5) is 0. The molecule has 282 valence electrons. The molecule has 0 amide bonds. The van der Waals surface area contributed by atoms with E-state index >= 15 is 0 Å². The van der Waals surface area contributed by atoms with E-state index < -0.39 is 0 Å². The van der Waals surface area contributed by atoms with Crippen LogP contribution in [0.3, 0.4) is 0 Å². The van der Waals surface area contributed by atoms with Crippen LogP contribution in [-0.4, -0.2) is 0 Å². The highest BCUT2D eigenvalue weighted by Gasteiger charge is 2.23. The van der Waals surface area contributed by atoms with Crippen LogP contribution in [0.5, 0.6) is 0 Å². The molecule has 0 radical (unpaired) electrons. The molecule has 0 fully saturated rings. The second-order valence-corrected chi connectivity index (χ2v) is 16.2. The van der Waals surface area contributed by atoms with Gasteiger partial charge in [0.2, 0.25) is 0 Å². The fraction of sp³-hybridized carbons (Fsp3) is 0.250. The number of allylic oxidation sites excluding steroid dienone is 11. The zero-order valence-corrected chi connectivity index (χ0v) is 34.4. The Morgan fingerprint density at radius 2 is 1.29 bits per heavy atom. The van der Waals surface area contributed by atoms with E-state index in [4.69, 9.17) is 0 Å². The largest absolute Gasteiger partial charge is 0.0879 e. The van der Waals surface area contributed by atoms with Crippen molar-refractivity contribution in [2.75, 3.05) is 0 Å². The maximum Gasteiger partial charge on any atom is 0.00530 e. The monoisotopic (exact) mass is 730 g/mol. The number of hydrogen-bond donors (Lipinski definition) is 0. The summed E-state index contributed by atoms with van der Waals surface area (Å²) in [5.41, 5.74) is 20.5. The molecule has 4 aliphatic carbocycles. The molecular formula is C56H58. The van der Waals surface area contributed by atoms with Gasteiger partial charge in [-0.2, -0.15) is 0 Å². The minimum atomic E-state index is 0.539. The van der Waals surface area contributed by atoms with Gasteiger partial charge in [0.15, 0.2) is 0 Å². The first kappa shape index (κ1) is 38.8. The lowest BCUT2D eigenvalue weighted by molar-refractivity contribution is 0.485. The third kappa shape index (κ3) is 9.14. The SMILES string of the molecule is Cc1ccc(C2=CCC(C3=CC4C=CCCC4C=C3)C=C2)cc1.Cc1ccc2c(c1)CCC=C2.Cc1ccccc1-c1ccc(C)c(-c2ccccc2C)c1C. The molecule has 3 atom stereocenters. The fourth-order valence-electron chi connectivity index (χ4n) is 8.71. The molecule has 0 aliphatic heterocycles. The van der Waals surface area contributed by atoms with E-state index in [0.29, 0.717) is 11.8 Å². The molecule has 0 bridgehead atoms. The van der Waals surface area contributed by atoms with E-state index in [1.165, 1.54) is 109 Å². The third-order valence-electron chi connectivity index (χ3n) is 12.1. The molecule has 0 saturated carbocycles. The van der Waals surface area contributed by atoms with Crippen LogP contribution < -0.4 is 0 Å². The standard InChI is InChI=1S/C23H24.C22H22.C11H12/c1-17-6-8-19(9-7-17)20-10-12-21(13-11-20)23-15-14-18-4-2-3-5-22(18)16-23;1-15-9-5-7-11-19(15)21-14-13-17(3)22(18(21)4)20-12-8-6-10-16(20)2;1-9-6-7-10-4-2-3-5-11(10)8-9/h3,5-12,14-16,18,21-22H,2,4,13H2,1H3;5-14H,1-4H3;2,4,6-8H,3,5H2,1H3. The lowest BCUT2D eigenvalue weighted by atomic mass is 9.76. The molecule has 5 aromatic rings. The average molecular weight is 731 g/mol. The molecule has 0 saturated heterocycles. The Bertz CT molecular complexity index is 2350. The van der Waals surface area contributed by atoms with Gasteiger partial charge in [0, 0.05) is 11.8 Å². The Labute approximate surface area is 337 Å². The number of hydrogen-bond acceptors (Lipinski definition) is 0.